The molecule has 0 spiro atoms. The number of fused-ring (bicyclic) bond motifs is 2. The van der Waals surface area contributed by atoms with Gasteiger partial charge in [-0.2, -0.15) is 0 Å². The van der Waals surface area contributed by atoms with E-state index in [4.69, 9.17) is 27.9 Å². The van der Waals surface area contributed by atoms with Crippen LogP contribution in [0.1, 0.15) is 100 Å². The van der Waals surface area contributed by atoms with Crippen LogP contribution in [0.25, 0.3) is 21.8 Å². The molecule has 2 aliphatic heterocycles. The number of esters is 2. The van der Waals surface area contributed by atoms with E-state index in [9.17, 15) is 9.59 Å². The Balaban J connectivity index is 0.767. The smallest absolute Gasteiger partial charge is 0.313 e. The maximum absolute atomic E-state index is 12.2. The van der Waals surface area contributed by atoms with E-state index in [1.54, 1.807) is 0 Å². The highest BCUT2D eigenvalue weighted by Crippen LogP contribution is 2.36. The number of H-pyrrole nitrogens is 2. The summed E-state index contributed by atoms with van der Waals surface area (Å²) in [5.41, 5.74) is 4.95. The Kier molecular flexibility index (Phi) is 12.0. The van der Waals surface area contributed by atoms with Crippen LogP contribution in [0.5, 0.6) is 0 Å². The second-order valence-corrected chi connectivity index (χ2v) is 14.4. The van der Waals surface area contributed by atoms with Gasteiger partial charge in [0.1, 0.15) is 0 Å². The minimum Gasteiger partial charge on any atom is -0.393 e. The van der Waals surface area contributed by atoms with Crippen molar-refractivity contribution >= 4 is 56.9 Å². The molecule has 7 nitrogen and oxygen atoms in total. The molecule has 4 aromatic rings. The van der Waals surface area contributed by atoms with Gasteiger partial charge in [0, 0.05) is 46.5 Å². The van der Waals surface area contributed by atoms with Crippen LogP contribution in [-0.2, 0) is 14.3 Å². The number of nitrogens with zero attached hydrogens (tertiary/aromatic N) is 2. The number of rotatable bonds is 14. The first-order chi connectivity index (χ1) is 22.9. The number of para-hydroxylation sites is 1. The molecule has 47 heavy (non-hydrogen) atoms. The molecule has 2 aromatic carbocycles. The van der Waals surface area contributed by atoms with Gasteiger partial charge in [-0.25, -0.2) is 0 Å². The van der Waals surface area contributed by atoms with Gasteiger partial charge >= 0.3 is 11.9 Å². The zero-order chi connectivity index (χ0) is 32.6. The number of likely N-dealkylation sites (tertiary alicyclic amines) is 2. The summed E-state index contributed by atoms with van der Waals surface area (Å²) in [7, 11) is 0. The molecule has 0 atom stereocenters. The van der Waals surface area contributed by atoms with Gasteiger partial charge in [-0.3, -0.25) is 9.59 Å². The molecule has 9 heteroatoms. The average molecular weight is 680 g/mol. The van der Waals surface area contributed by atoms with E-state index in [1.807, 2.05) is 24.3 Å². The molecule has 0 amide bonds. The molecule has 0 aliphatic carbocycles. The summed E-state index contributed by atoms with van der Waals surface area (Å²) in [6.07, 6.45) is 15.1. The summed E-state index contributed by atoms with van der Waals surface area (Å²) >= 11 is 12.5. The van der Waals surface area contributed by atoms with Crippen molar-refractivity contribution in [2.45, 2.75) is 88.9 Å². The molecule has 6 rings (SSSR count). The van der Waals surface area contributed by atoms with Crippen LogP contribution < -0.4 is 0 Å². The van der Waals surface area contributed by atoms with Gasteiger partial charge in [-0.15, -0.1) is 0 Å². The Labute approximate surface area is 288 Å². The van der Waals surface area contributed by atoms with Gasteiger partial charge in [0.2, 0.25) is 0 Å². The minimum atomic E-state index is -0.379. The number of hydrogen-bond donors (Lipinski definition) is 2. The molecule has 252 valence electrons. The predicted octanol–water partition coefficient (Wildman–Crippen LogP) is 9.21. The molecule has 0 unspecified atom stereocenters. The summed E-state index contributed by atoms with van der Waals surface area (Å²) in [6.45, 7) is 6.49. The number of carbonyl (C=O) groups excluding carboxylic acids is 2. The number of ether oxygens (including phenoxy) is 1. The molecule has 0 radical (unpaired) electrons. The maximum Gasteiger partial charge on any atom is 0.313 e. The number of aromatic amines is 2. The number of unbranched alkanes of at least 4 members (excludes halogenated alkanes) is 4. The fourth-order valence-electron chi connectivity index (χ4n) is 7.66. The molecular weight excluding hydrogens is 631 g/mol. The Morgan fingerprint density at radius 3 is 1.89 bits per heavy atom. The van der Waals surface area contributed by atoms with Gasteiger partial charge in [0.15, 0.2) is 0 Å². The van der Waals surface area contributed by atoms with Crippen LogP contribution in [0.3, 0.4) is 0 Å². The summed E-state index contributed by atoms with van der Waals surface area (Å²) in [5, 5.41) is 4.08. The fourth-order valence-corrected chi connectivity index (χ4v) is 8.06. The zero-order valence-electron chi connectivity index (χ0n) is 27.4. The third kappa shape index (κ3) is 9.00. The summed E-state index contributed by atoms with van der Waals surface area (Å²) in [6, 6.07) is 12.2. The SMILES string of the molecule is O=C(CCCCCN1CCC(c2c[nH]c3cc(Cl)ccc23)CC1)OC(=O)CCCCCN1CCC(c2c[nH]c3c(Cl)cccc23)CC1. The largest absolute Gasteiger partial charge is 0.393 e. The normalized spacial score (nSPS) is 17.1. The molecule has 2 saturated heterocycles. The van der Waals surface area contributed by atoms with Crippen molar-refractivity contribution in [3.05, 3.63) is 70.0 Å². The van der Waals surface area contributed by atoms with E-state index in [-0.39, 0.29) is 11.9 Å². The Morgan fingerprint density at radius 1 is 0.702 bits per heavy atom. The van der Waals surface area contributed by atoms with E-state index in [2.05, 4.69) is 44.3 Å². The number of hydrogen-bond acceptors (Lipinski definition) is 5. The van der Waals surface area contributed by atoms with Crippen molar-refractivity contribution in [2.75, 3.05) is 39.3 Å². The lowest BCUT2D eigenvalue weighted by atomic mass is 9.89. The van der Waals surface area contributed by atoms with E-state index in [0.29, 0.717) is 24.7 Å². The van der Waals surface area contributed by atoms with Gasteiger partial charge in [0.25, 0.3) is 0 Å². The molecule has 2 N–H and O–H groups in total. The molecule has 2 aliphatic rings. The number of halogens is 2. The van der Waals surface area contributed by atoms with Crippen LogP contribution in [0.4, 0.5) is 0 Å². The lowest BCUT2D eigenvalue weighted by molar-refractivity contribution is -0.159. The third-order valence-corrected chi connectivity index (χ3v) is 10.9. The molecule has 0 saturated carbocycles. The number of carbonyl (C=O) groups is 2. The summed E-state index contributed by atoms with van der Waals surface area (Å²) in [5.74, 6) is 0.383. The van der Waals surface area contributed by atoms with Crippen LogP contribution in [0.2, 0.25) is 10.0 Å². The van der Waals surface area contributed by atoms with Gasteiger partial charge in [0.05, 0.1) is 10.5 Å². The highest BCUT2D eigenvalue weighted by molar-refractivity contribution is 6.35. The first kappa shape index (κ1) is 34.0. The fraction of sp³-hybridized carbons (Fsp3) is 0.526. The van der Waals surface area contributed by atoms with Crippen LogP contribution in [-0.4, -0.2) is 71.0 Å². The predicted molar refractivity (Wildman–Crippen MR) is 191 cm³/mol. The topological polar surface area (TPSA) is 81.4 Å². The average Bonchev–Trinajstić information content (AvgIpc) is 3.70. The van der Waals surface area contributed by atoms with Gasteiger partial charge in [-0.05, 0) is 132 Å². The standard InChI is InChI=1S/C38H48Cl2N4O3/c39-29-12-13-30-32(25-41-35(30)24-29)27-14-20-43(21-15-27)18-5-1-3-10-36(45)47-37(46)11-4-2-6-19-44-22-16-28(17-23-44)33-26-42-38-31(33)8-7-9-34(38)40/h7-9,12-13,24-28,41-42H,1-6,10-11,14-23H2. The lowest BCUT2D eigenvalue weighted by Crippen LogP contribution is -2.33. The maximum atomic E-state index is 12.2. The van der Waals surface area contributed by atoms with Crippen LogP contribution in [0, 0.1) is 0 Å². The Bertz CT molecular complexity index is 1630. The van der Waals surface area contributed by atoms with Crippen molar-refractivity contribution in [1.29, 1.82) is 0 Å². The Hall–Kier alpha value is -2.84. The van der Waals surface area contributed by atoms with Gasteiger partial charge in [-0.1, -0.05) is 54.2 Å². The molecule has 2 fully saturated rings. The number of nitrogens with one attached hydrogen (secondary N) is 2. The lowest BCUT2D eigenvalue weighted by Gasteiger charge is -2.32. The molecule has 2 aromatic heterocycles. The molecule has 0 bridgehead atoms. The first-order valence-electron chi connectivity index (χ1n) is 17.6. The first-order valence-corrected chi connectivity index (χ1v) is 18.4. The number of benzene rings is 2. The van der Waals surface area contributed by atoms with E-state index in [1.165, 1.54) is 21.9 Å². The second kappa shape index (κ2) is 16.5. The van der Waals surface area contributed by atoms with E-state index >= 15 is 0 Å². The van der Waals surface area contributed by atoms with Crippen molar-refractivity contribution in [3.63, 3.8) is 0 Å². The summed E-state index contributed by atoms with van der Waals surface area (Å²) in [4.78, 5) is 36.2. The quantitative estimate of drug-likeness (QED) is 0.0789. The highest BCUT2D eigenvalue weighted by atomic mass is 35.5. The van der Waals surface area contributed by atoms with Crippen molar-refractivity contribution in [2.24, 2.45) is 0 Å². The highest BCUT2D eigenvalue weighted by Gasteiger charge is 2.24. The molecular formula is C38H48Cl2N4O3. The summed E-state index contributed by atoms with van der Waals surface area (Å²) < 4.78 is 5.09. The monoisotopic (exact) mass is 678 g/mol. The van der Waals surface area contributed by atoms with E-state index < -0.39 is 0 Å². The third-order valence-electron chi connectivity index (χ3n) is 10.4. The number of aromatic nitrogens is 2. The number of piperidine rings is 2. The van der Waals surface area contributed by atoms with Gasteiger partial charge < -0.3 is 24.5 Å². The molecule has 4 heterocycles. The van der Waals surface area contributed by atoms with Crippen LogP contribution >= 0.6 is 23.2 Å². The van der Waals surface area contributed by atoms with Crippen molar-refractivity contribution in [3.8, 4) is 0 Å². The van der Waals surface area contributed by atoms with Crippen LogP contribution in [0.15, 0.2) is 48.8 Å². The Morgan fingerprint density at radius 2 is 1.28 bits per heavy atom. The van der Waals surface area contributed by atoms with Crippen molar-refractivity contribution in [1.82, 2.24) is 19.8 Å². The van der Waals surface area contributed by atoms with Crippen molar-refractivity contribution < 1.29 is 14.3 Å². The second-order valence-electron chi connectivity index (χ2n) is 13.5. The zero-order valence-corrected chi connectivity index (χ0v) is 28.9. The minimum absolute atomic E-state index is 0.319. The van der Waals surface area contributed by atoms with E-state index in [0.717, 1.165) is 125 Å².